The minimum atomic E-state index is 0.572. The van der Waals surface area contributed by atoms with E-state index < -0.39 is 0 Å². The molecule has 0 aromatic carbocycles. The maximum Gasteiger partial charge on any atom is 0.0935 e. The highest BCUT2D eigenvalue weighted by Gasteiger charge is 2.11. The van der Waals surface area contributed by atoms with E-state index in [9.17, 15) is 0 Å². The fourth-order valence-electron chi connectivity index (χ4n) is 1.65. The predicted molar refractivity (Wildman–Crippen MR) is 59.3 cm³/mol. The van der Waals surface area contributed by atoms with Gasteiger partial charge in [-0.1, -0.05) is 20.3 Å². The van der Waals surface area contributed by atoms with Crippen LogP contribution in [0.4, 0.5) is 0 Å². The van der Waals surface area contributed by atoms with Crippen LogP contribution in [-0.4, -0.2) is 13.1 Å². The van der Waals surface area contributed by atoms with Crippen molar-refractivity contribution in [2.75, 3.05) is 7.05 Å². The van der Waals surface area contributed by atoms with Gasteiger partial charge in [0, 0.05) is 6.04 Å². The smallest absolute Gasteiger partial charge is 0.0935 e. The molecule has 2 unspecified atom stereocenters. The first-order valence-electron chi connectivity index (χ1n) is 5.44. The fraction of sp³-hybridized carbons (Fsp3) is 0.667. The zero-order chi connectivity index (χ0) is 10.4. The van der Waals surface area contributed by atoms with Crippen molar-refractivity contribution in [1.82, 2.24) is 5.32 Å². The standard InChI is InChI=1S/C12H21NO/c1-4-10(2)7-12(13-3)8-11-5-6-14-9-11/h5-6,9-10,12-13H,4,7-8H2,1-3H3. The Morgan fingerprint density at radius 2 is 2.29 bits per heavy atom. The number of furan rings is 1. The Labute approximate surface area is 86.7 Å². The second-order valence-corrected chi connectivity index (χ2v) is 4.07. The second-order valence-electron chi connectivity index (χ2n) is 4.07. The molecule has 1 N–H and O–H groups in total. The SMILES string of the molecule is CCC(C)CC(Cc1ccoc1)NC. The molecule has 1 heterocycles. The zero-order valence-electron chi connectivity index (χ0n) is 9.42. The Balaban J connectivity index is 2.39. The van der Waals surface area contributed by atoms with Gasteiger partial charge in [-0.25, -0.2) is 0 Å². The largest absolute Gasteiger partial charge is 0.472 e. The molecule has 0 radical (unpaired) electrons. The minimum Gasteiger partial charge on any atom is -0.472 e. The summed E-state index contributed by atoms with van der Waals surface area (Å²) in [7, 11) is 2.03. The maximum atomic E-state index is 5.06. The molecule has 14 heavy (non-hydrogen) atoms. The molecule has 0 aliphatic rings. The molecule has 80 valence electrons. The van der Waals surface area contributed by atoms with Gasteiger partial charge < -0.3 is 9.73 Å². The van der Waals surface area contributed by atoms with Crippen molar-refractivity contribution in [3.05, 3.63) is 24.2 Å². The average Bonchev–Trinajstić information content (AvgIpc) is 2.69. The molecular weight excluding hydrogens is 174 g/mol. The van der Waals surface area contributed by atoms with Crippen LogP contribution in [-0.2, 0) is 6.42 Å². The molecule has 0 aliphatic heterocycles. The van der Waals surface area contributed by atoms with Gasteiger partial charge in [-0.3, -0.25) is 0 Å². The Kier molecular flexibility index (Phi) is 4.74. The Morgan fingerprint density at radius 3 is 2.79 bits per heavy atom. The van der Waals surface area contributed by atoms with Crippen LogP contribution in [0.2, 0.25) is 0 Å². The van der Waals surface area contributed by atoms with E-state index in [2.05, 4.69) is 19.2 Å². The molecule has 2 heteroatoms. The number of hydrogen-bond acceptors (Lipinski definition) is 2. The molecule has 0 fully saturated rings. The van der Waals surface area contributed by atoms with Gasteiger partial charge in [-0.2, -0.15) is 0 Å². The van der Waals surface area contributed by atoms with Crippen LogP contribution in [0.15, 0.2) is 23.0 Å². The average molecular weight is 195 g/mol. The molecule has 1 aromatic rings. The Morgan fingerprint density at radius 1 is 1.50 bits per heavy atom. The third-order valence-corrected chi connectivity index (χ3v) is 2.85. The Hall–Kier alpha value is -0.760. The lowest BCUT2D eigenvalue weighted by atomic mass is 9.96. The van der Waals surface area contributed by atoms with Crippen LogP contribution in [0.3, 0.4) is 0 Å². The summed E-state index contributed by atoms with van der Waals surface area (Å²) in [5.41, 5.74) is 1.28. The molecule has 0 spiro atoms. The van der Waals surface area contributed by atoms with E-state index in [-0.39, 0.29) is 0 Å². The number of hydrogen-bond donors (Lipinski definition) is 1. The zero-order valence-corrected chi connectivity index (χ0v) is 9.42. The molecule has 0 amide bonds. The molecule has 0 bridgehead atoms. The lowest BCUT2D eigenvalue weighted by molar-refractivity contribution is 0.409. The first-order chi connectivity index (χ1) is 6.76. The summed E-state index contributed by atoms with van der Waals surface area (Å²) < 4.78 is 5.06. The summed E-state index contributed by atoms with van der Waals surface area (Å²) in [6.07, 6.45) is 7.13. The van der Waals surface area contributed by atoms with Gasteiger partial charge in [-0.15, -0.1) is 0 Å². The molecule has 1 aromatic heterocycles. The van der Waals surface area contributed by atoms with Gasteiger partial charge in [0.1, 0.15) is 0 Å². The lowest BCUT2D eigenvalue weighted by Crippen LogP contribution is -2.29. The highest BCUT2D eigenvalue weighted by molar-refractivity contribution is 5.07. The third kappa shape index (κ3) is 3.54. The summed E-state index contributed by atoms with van der Waals surface area (Å²) in [4.78, 5) is 0. The second kappa shape index (κ2) is 5.86. The molecule has 0 aliphatic carbocycles. The summed E-state index contributed by atoms with van der Waals surface area (Å²) in [6, 6.07) is 2.61. The fourth-order valence-corrected chi connectivity index (χ4v) is 1.65. The maximum absolute atomic E-state index is 5.06. The van der Waals surface area contributed by atoms with E-state index in [1.165, 1.54) is 18.4 Å². The summed E-state index contributed by atoms with van der Waals surface area (Å²) in [5, 5.41) is 3.36. The molecule has 0 saturated carbocycles. The number of nitrogens with one attached hydrogen (secondary N) is 1. The molecule has 2 nitrogen and oxygen atoms in total. The highest BCUT2D eigenvalue weighted by Crippen LogP contribution is 2.13. The van der Waals surface area contributed by atoms with Crippen LogP contribution in [0.1, 0.15) is 32.3 Å². The van der Waals surface area contributed by atoms with Crippen LogP contribution < -0.4 is 5.32 Å². The molecule has 0 saturated heterocycles. The van der Waals surface area contributed by atoms with Crippen molar-refractivity contribution in [1.29, 1.82) is 0 Å². The first-order valence-corrected chi connectivity index (χ1v) is 5.44. The monoisotopic (exact) mass is 195 g/mol. The van der Waals surface area contributed by atoms with E-state index >= 15 is 0 Å². The van der Waals surface area contributed by atoms with Gasteiger partial charge >= 0.3 is 0 Å². The van der Waals surface area contributed by atoms with Crippen molar-refractivity contribution >= 4 is 0 Å². The van der Waals surface area contributed by atoms with Crippen molar-refractivity contribution < 1.29 is 4.42 Å². The van der Waals surface area contributed by atoms with E-state index in [1.54, 1.807) is 6.26 Å². The van der Waals surface area contributed by atoms with E-state index in [4.69, 9.17) is 4.42 Å². The number of rotatable bonds is 6. The van der Waals surface area contributed by atoms with Crippen LogP contribution in [0, 0.1) is 5.92 Å². The minimum absolute atomic E-state index is 0.572. The van der Waals surface area contributed by atoms with Crippen molar-refractivity contribution in [3.63, 3.8) is 0 Å². The Bertz CT molecular complexity index is 230. The third-order valence-electron chi connectivity index (χ3n) is 2.85. The molecule has 1 rings (SSSR count). The van der Waals surface area contributed by atoms with Gasteiger partial charge in [-0.05, 0) is 37.4 Å². The topological polar surface area (TPSA) is 25.2 Å². The van der Waals surface area contributed by atoms with Crippen molar-refractivity contribution in [3.8, 4) is 0 Å². The van der Waals surface area contributed by atoms with Crippen molar-refractivity contribution in [2.24, 2.45) is 5.92 Å². The normalized spacial score (nSPS) is 15.4. The summed E-state index contributed by atoms with van der Waals surface area (Å²) in [5.74, 6) is 0.791. The highest BCUT2D eigenvalue weighted by atomic mass is 16.3. The van der Waals surface area contributed by atoms with E-state index in [0.29, 0.717) is 6.04 Å². The molecule has 2 atom stereocenters. The van der Waals surface area contributed by atoms with Crippen LogP contribution >= 0.6 is 0 Å². The van der Waals surface area contributed by atoms with E-state index in [0.717, 1.165) is 12.3 Å². The number of likely N-dealkylation sites (N-methyl/N-ethyl adjacent to an activating group) is 1. The molecular formula is C12H21NO. The summed E-state index contributed by atoms with van der Waals surface area (Å²) in [6.45, 7) is 4.55. The van der Waals surface area contributed by atoms with Gasteiger partial charge in [0.25, 0.3) is 0 Å². The predicted octanol–water partition coefficient (Wildman–Crippen LogP) is 2.85. The first kappa shape index (κ1) is 11.3. The van der Waals surface area contributed by atoms with Crippen LogP contribution in [0.5, 0.6) is 0 Å². The quantitative estimate of drug-likeness (QED) is 0.755. The van der Waals surface area contributed by atoms with E-state index in [1.807, 2.05) is 19.4 Å². The van der Waals surface area contributed by atoms with Crippen molar-refractivity contribution in [2.45, 2.75) is 39.2 Å². The van der Waals surface area contributed by atoms with Gasteiger partial charge in [0.2, 0.25) is 0 Å². The summed E-state index contributed by atoms with van der Waals surface area (Å²) >= 11 is 0. The van der Waals surface area contributed by atoms with Crippen LogP contribution in [0.25, 0.3) is 0 Å². The van der Waals surface area contributed by atoms with Gasteiger partial charge in [0.05, 0.1) is 12.5 Å². The lowest BCUT2D eigenvalue weighted by Gasteiger charge is -2.18. The van der Waals surface area contributed by atoms with Gasteiger partial charge in [0.15, 0.2) is 0 Å².